The molecule has 96 valence electrons. The van der Waals surface area contributed by atoms with E-state index in [1.165, 1.54) is 0 Å². The molecule has 5 nitrogen and oxygen atoms in total. The Morgan fingerprint density at radius 3 is 2.76 bits per heavy atom. The van der Waals surface area contributed by atoms with Crippen LogP contribution in [0, 0.1) is 0 Å². The lowest BCUT2D eigenvalue weighted by molar-refractivity contribution is -0.0770. The summed E-state index contributed by atoms with van der Waals surface area (Å²) in [7, 11) is 0. The molecule has 0 amide bonds. The van der Waals surface area contributed by atoms with Crippen molar-refractivity contribution in [2.24, 2.45) is 5.73 Å². The molecule has 1 aliphatic rings. The van der Waals surface area contributed by atoms with Gasteiger partial charge in [-0.05, 0) is 40.0 Å². The van der Waals surface area contributed by atoms with Crippen molar-refractivity contribution in [3.63, 3.8) is 0 Å². The van der Waals surface area contributed by atoms with Gasteiger partial charge in [0.25, 0.3) is 0 Å². The van der Waals surface area contributed by atoms with E-state index in [1.54, 1.807) is 0 Å². The minimum Gasteiger partial charge on any atom is -0.367 e. The van der Waals surface area contributed by atoms with Crippen LogP contribution in [0.25, 0.3) is 0 Å². The minimum absolute atomic E-state index is 0.281. The van der Waals surface area contributed by atoms with Crippen LogP contribution in [0.5, 0.6) is 0 Å². The lowest BCUT2D eigenvalue weighted by atomic mass is 9.93. The number of nitrogens with zero attached hydrogens (tertiary/aromatic N) is 2. The lowest BCUT2D eigenvalue weighted by Crippen LogP contribution is -2.32. The van der Waals surface area contributed by atoms with E-state index in [-0.39, 0.29) is 5.41 Å². The molecule has 1 unspecified atom stereocenters. The summed E-state index contributed by atoms with van der Waals surface area (Å²) in [4.78, 5) is 4.47. The molecule has 1 aliphatic heterocycles. The third-order valence-electron chi connectivity index (χ3n) is 3.46. The first kappa shape index (κ1) is 12.5. The Kier molecular flexibility index (Phi) is 3.23. The Morgan fingerprint density at radius 1 is 1.41 bits per heavy atom. The Hall–Kier alpha value is -0.940. The molecule has 0 bridgehead atoms. The quantitative estimate of drug-likeness (QED) is 0.869. The van der Waals surface area contributed by atoms with Crippen LogP contribution in [0.15, 0.2) is 4.52 Å². The van der Waals surface area contributed by atoms with Gasteiger partial charge in [-0.25, -0.2) is 0 Å². The van der Waals surface area contributed by atoms with Crippen molar-refractivity contribution < 1.29 is 9.26 Å². The maximum Gasteiger partial charge on any atom is 0.233 e. The second-order valence-corrected chi connectivity index (χ2v) is 5.55. The molecule has 0 aliphatic carbocycles. The summed E-state index contributed by atoms with van der Waals surface area (Å²) in [5, 5.41) is 4.06. The summed E-state index contributed by atoms with van der Waals surface area (Å²) in [6, 6.07) is 0. The smallest absolute Gasteiger partial charge is 0.233 e. The predicted molar refractivity (Wildman–Crippen MR) is 63.5 cm³/mol. The zero-order chi connectivity index (χ0) is 12.5. The van der Waals surface area contributed by atoms with Gasteiger partial charge in [-0.3, -0.25) is 0 Å². The molecule has 0 spiro atoms. The van der Waals surface area contributed by atoms with Gasteiger partial charge in [-0.2, -0.15) is 4.98 Å². The number of aromatic nitrogens is 2. The molecule has 1 aromatic heterocycles. The molecule has 0 radical (unpaired) electrons. The monoisotopic (exact) mass is 239 g/mol. The molecular formula is C12H21N3O2. The third-order valence-corrected chi connectivity index (χ3v) is 3.46. The predicted octanol–water partition coefficient (Wildman–Crippen LogP) is 1.72. The molecule has 1 aromatic rings. The van der Waals surface area contributed by atoms with E-state index in [1.807, 2.05) is 20.8 Å². The summed E-state index contributed by atoms with van der Waals surface area (Å²) in [6.45, 7) is 7.26. The average Bonchev–Trinajstić information content (AvgIpc) is 2.80. The van der Waals surface area contributed by atoms with Crippen LogP contribution in [-0.4, -0.2) is 23.3 Å². The number of hydrogen-bond acceptors (Lipinski definition) is 5. The molecule has 0 saturated carbocycles. The molecule has 1 atom stereocenters. The molecule has 2 N–H and O–H groups in total. The SMILES string of the molecule is CC(C)(CN)c1nc(C2(C)CCCCO2)no1. The third kappa shape index (κ3) is 2.35. The minimum atomic E-state index is -0.398. The van der Waals surface area contributed by atoms with Crippen molar-refractivity contribution in [1.29, 1.82) is 0 Å². The largest absolute Gasteiger partial charge is 0.367 e. The number of rotatable bonds is 3. The highest BCUT2D eigenvalue weighted by atomic mass is 16.5. The van der Waals surface area contributed by atoms with Gasteiger partial charge in [0.1, 0.15) is 5.60 Å². The highest BCUT2D eigenvalue weighted by Crippen LogP contribution is 2.33. The van der Waals surface area contributed by atoms with Crippen LogP contribution < -0.4 is 5.73 Å². The van der Waals surface area contributed by atoms with E-state index in [0.29, 0.717) is 18.3 Å². The lowest BCUT2D eigenvalue weighted by Gasteiger charge is -2.30. The van der Waals surface area contributed by atoms with Crippen molar-refractivity contribution in [3.05, 3.63) is 11.7 Å². The molecule has 1 fully saturated rings. The van der Waals surface area contributed by atoms with Gasteiger partial charge in [0.2, 0.25) is 11.7 Å². The van der Waals surface area contributed by atoms with E-state index < -0.39 is 5.60 Å². The molecule has 0 aromatic carbocycles. The van der Waals surface area contributed by atoms with Crippen LogP contribution in [0.1, 0.15) is 51.7 Å². The topological polar surface area (TPSA) is 74.2 Å². The first-order valence-electron chi connectivity index (χ1n) is 6.17. The summed E-state index contributed by atoms with van der Waals surface area (Å²) in [6.07, 6.45) is 3.18. The highest BCUT2D eigenvalue weighted by Gasteiger charge is 2.37. The first-order chi connectivity index (χ1) is 7.98. The van der Waals surface area contributed by atoms with Gasteiger partial charge < -0.3 is 15.0 Å². The Labute approximate surface area is 102 Å². The number of nitrogens with two attached hydrogens (primary N) is 1. The van der Waals surface area contributed by atoms with Crippen molar-refractivity contribution >= 4 is 0 Å². The Balaban J connectivity index is 2.23. The number of hydrogen-bond donors (Lipinski definition) is 1. The zero-order valence-electron chi connectivity index (χ0n) is 10.8. The summed E-state index contributed by atoms with van der Waals surface area (Å²) in [5.41, 5.74) is 5.02. The fourth-order valence-corrected chi connectivity index (χ4v) is 1.91. The van der Waals surface area contributed by atoms with Crippen LogP contribution in [0.4, 0.5) is 0 Å². The van der Waals surface area contributed by atoms with Crippen LogP contribution in [-0.2, 0) is 15.8 Å². The molecule has 2 heterocycles. The molecule has 17 heavy (non-hydrogen) atoms. The fourth-order valence-electron chi connectivity index (χ4n) is 1.91. The van der Waals surface area contributed by atoms with Gasteiger partial charge in [-0.15, -0.1) is 0 Å². The Bertz CT molecular complexity index is 381. The standard InChI is InChI=1S/C12H21N3O2/c1-11(2,8-13)10-14-9(15-17-10)12(3)6-4-5-7-16-12/h4-8,13H2,1-3H3. The van der Waals surface area contributed by atoms with E-state index in [0.717, 1.165) is 25.9 Å². The molecule has 5 heteroatoms. The average molecular weight is 239 g/mol. The van der Waals surface area contributed by atoms with Crippen molar-refractivity contribution in [3.8, 4) is 0 Å². The summed E-state index contributed by atoms with van der Waals surface area (Å²) in [5.74, 6) is 1.24. The molecule has 2 rings (SSSR count). The second-order valence-electron chi connectivity index (χ2n) is 5.55. The summed E-state index contributed by atoms with van der Waals surface area (Å²) >= 11 is 0. The molecular weight excluding hydrogens is 218 g/mol. The van der Waals surface area contributed by atoms with Gasteiger partial charge in [-0.1, -0.05) is 5.16 Å². The maximum absolute atomic E-state index is 5.79. The van der Waals surface area contributed by atoms with Crippen LogP contribution in [0.3, 0.4) is 0 Å². The van der Waals surface area contributed by atoms with E-state index in [2.05, 4.69) is 10.1 Å². The first-order valence-corrected chi connectivity index (χ1v) is 6.17. The number of ether oxygens (including phenoxy) is 1. The van der Waals surface area contributed by atoms with Gasteiger partial charge in [0.05, 0.1) is 5.41 Å². The molecule has 1 saturated heterocycles. The van der Waals surface area contributed by atoms with Gasteiger partial charge >= 0.3 is 0 Å². The van der Waals surface area contributed by atoms with Crippen LogP contribution in [0.2, 0.25) is 0 Å². The van der Waals surface area contributed by atoms with Crippen molar-refractivity contribution in [1.82, 2.24) is 10.1 Å². The highest BCUT2D eigenvalue weighted by molar-refractivity contribution is 5.06. The normalized spacial score (nSPS) is 26.1. The van der Waals surface area contributed by atoms with Gasteiger partial charge in [0, 0.05) is 13.2 Å². The van der Waals surface area contributed by atoms with E-state index in [9.17, 15) is 0 Å². The van der Waals surface area contributed by atoms with Gasteiger partial charge in [0.15, 0.2) is 0 Å². The van der Waals surface area contributed by atoms with Crippen LogP contribution >= 0.6 is 0 Å². The van der Waals surface area contributed by atoms with E-state index in [4.69, 9.17) is 15.0 Å². The Morgan fingerprint density at radius 2 is 2.18 bits per heavy atom. The van der Waals surface area contributed by atoms with Crippen molar-refractivity contribution in [2.45, 2.75) is 51.0 Å². The second kappa shape index (κ2) is 4.38. The maximum atomic E-state index is 5.79. The summed E-state index contributed by atoms with van der Waals surface area (Å²) < 4.78 is 11.1. The fraction of sp³-hybridized carbons (Fsp3) is 0.833. The van der Waals surface area contributed by atoms with Crippen molar-refractivity contribution in [2.75, 3.05) is 13.2 Å². The van der Waals surface area contributed by atoms with E-state index >= 15 is 0 Å². The zero-order valence-corrected chi connectivity index (χ0v) is 10.8.